The maximum Gasteiger partial charge on any atom is 0.305 e. The van der Waals surface area contributed by atoms with E-state index in [0.717, 1.165) is 22.0 Å². The second kappa shape index (κ2) is 10.4. The van der Waals surface area contributed by atoms with Crippen LogP contribution in [0, 0.1) is 18.3 Å². The molecule has 4 rings (SSSR count). The van der Waals surface area contributed by atoms with Crippen molar-refractivity contribution in [3.63, 3.8) is 0 Å². The average molecular weight is 474 g/mol. The molecule has 2 heterocycles. The molecule has 35 heavy (non-hydrogen) atoms. The lowest BCUT2D eigenvalue weighted by atomic mass is 10.1. The zero-order chi connectivity index (χ0) is 24.9. The normalized spacial score (nSPS) is 11.1. The van der Waals surface area contributed by atoms with Gasteiger partial charge in [0, 0.05) is 29.5 Å². The molecule has 9 heteroatoms. The molecule has 9 nitrogen and oxygen atoms in total. The van der Waals surface area contributed by atoms with Crippen LogP contribution in [-0.4, -0.2) is 38.6 Å². The van der Waals surface area contributed by atoms with E-state index in [2.05, 4.69) is 21.3 Å². The van der Waals surface area contributed by atoms with Gasteiger partial charge < -0.3 is 14.0 Å². The summed E-state index contributed by atoms with van der Waals surface area (Å²) in [5, 5.41) is 19.1. The van der Waals surface area contributed by atoms with E-state index in [1.54, 1.807) is 31.3 Å². The number of fused-ring (bicyclic) bond motifs is 1. The van der Waals surface area contributed by atoms with Crippen LogP contribution in [0.2, 0.25) is 0 Å². The third-order valence-electron chi connectivity index (χ3n) is 5.42. The average Bonchev–Trinajstić information content (AvgIpc) is 3.46. The molecule has 0 aliphatic carbocycles. The highest BCUT2D eigenvalue weighted by atomic mass is 16.5. The molecule has 0 atom stereocenters. The second-order valence-electron chi connectivity index (χ2n) is 8.41. The van der Waals surface area contributed by atoms with E-state index in [1.165, 1.54) is 0 Å². The van der Waals surface area contributed by atoms with Crippen LogP contribution in [0.25, 0.3) is 33.7 Å². The maximum absolute atomic E-state index is 11.6. The molecular formula is C26H27N5O4. The van der Waals surface area contributed by atoms with Gasteiger partial charge in [0.25, 0.3) is 5.89 Å². The molecule has 2 aromatic heterocycles. The van der Waals surface area contributed by atoms with Crippen LogP contribution in [0.1, 0.15) is 44.7 Å². The van der Waals surface area contributed by atoms with Gasteiger partial charge in [-0.2, -0.15) is 15.3 Å². The van der Waals surface area contributed by atoms with Crippen molar-refractivity contribution >= 4 is 16.9 Å². The Morgan fingerprint density at radius 2 is 2.09 bits per heavy atom. The fraction of sp³-hybridized carbons (Fsp3) is 0.346. The van der Waals surface area contributed by atoms with Crippen LogP contribution in [0.4, 0.5) is 0 Å². The first-order chi connectivity index (χ1) is 16.9. The molecule has 0 N–H and O–H groups in total. The number of nitrogens with zero attached hydrogens (tertiary/aromatic N) is 5. The zero-order valence-electron chi connectivity index (χ0n) is 20.2. The largest absolute Gasteiger partial charge is 0.490 e. The van der Waals surface area contributed by atoms with Gasteiger partial charge in [-0.1, -0.05) is 5.16 Å². The number of hydrogen-bond acceptors (Lipinski definition) is 8. The lowest BCUT2D eigenvalue weighted by molar-refractivity contribution is -0.143. The number of carbonyl (C=O) groups excluding carboxylic acids is 1. The first-order valence-corrected chi connectivity index (χ1v) is 11.6. The summed E-state index contributed by atoms with van der Waals surface area (Å²) in [7, 11) is 0. The van der Waals surface area contributed by atoms with E-state index < -0.39 is 0 Å². The lowest BCUT2D eigenvalue weighted by Gasteiger charge is -2.11. The zero-order valence-corrected chi connectivity index (χ0v) is 20.2. The van der Waals surface area contributed by atoms with Gasteiger partial charge in [-0.3, -0.25) is 9.48 Å². The van der Waals surface area contributed by atoms with Crippen LogP contribution >= 0.6 is 0 Å². The number of carbonyl (C=O) groups is 1. The van der Waals surface area contributed by atoms with E-state index in [-0.39, 0.29) is 12.1 Å². The summed E-state index contributed by atoms with van der Waals surface area (Å²) in [5.41, 5.74) is 3.82. The van der Waals surface area contributed by atoms with Crippen LogP contribution in [-0.2, 0) is 16.1 Å². The summed E-state index contributed by atoms with van der Waals surface area (Å²) < 4.78 is 18.1. The first kappa shape index (κ1) is 24.0. The van der Waals surface area contributed by atoms with Crippen molar-refractivity contribution < 1.29 is 18.8 Å². The van der Waals surface area contributed by atoms with Gasteiger partial charge in [0.15, 0.2) is 0 Å². The molecule has 180 valence electrons. The van der Waals surface area contributed by atoms with E-state index in [0.29, 0.717) is 54.6 Å². The van der Waals surface area contributed by atoms with Gasteiger partial charge in [-0.05, 0) is 70.0 Å². The SMILES string of the molecule is CCOC(=O)CCCn1ncc2cc(-c3noc(-c4ccc(OC(C)C)c(C#N)c4)n3)c(C)cc21. The molecular weight excluding hydrogens is 446 g/mol. The standard InChI is InChI=1S/C26H27N5O4/c1-5-33-24(32)7-6-10-31-22-11-17(4)21(13-20(22)15-28-31)25-29-26(35-30-25)18-8-9-23(34-16(2)3)19(12-18)14-27/h8-9,11-13,15-16H,5-7,10H2,1-4H3. The topological polar surface area (TPSA) is 116 Å². The number of aromatic nitrogens is 4. The van der Waals surface area contributed by atoms with Gasteiger partial charge in [0.05, 0.1) is 30.0 Å². The third-order valence-corrected chi connectivity index (χ3v) is 5.42. The number of benzene rings is 2. The Morgan fingerprint density at radius 1 is 1.26 bits per heavy atom. The molecule has 4 aromatic rings. The predicted molar refractivity (Wildman–Crippen MR) is 130 cm³/mol. The van der Waals surface area contributed by atoms with Gasteiger partial charge in [-0.25, -0.2) is 0 Å². The summed E-state index contributed by atoms with van der Waals surface area (Å²) >= 11 is 0. The van der Waals surface area contributed by atoms with E-state index in [4.69, 9.17) is 14.0 Å². The summed E-state index contributed by atoms with van der Waals surface area (Å²) in [6.45, 7) is 8.60. The molecule has 0 spiro atoms. The van der Waals surface area contributed by atoms with Crippen molar-refractivity contribution in [3.8, 4) is 34.7 Å². The monoisotopic (exact) mass is 473 g/mol. The van der Waals surface area contributed by atoms with Gasteiger partial charge >= 0.3 is 5.97 Å². The summed E-state index contributed by atoms with van der Waals surface area (Å²) in [4.78, 5) is 16.2. The molecule has 0 amide bonds. The fourth-order valence-electron chi connectivity index (χ4n) is 3.81. The molecule has 0 saturated carbocycles. The van der Waals surface area contributed by atoms with E-state index >= 15 is 0 Å². The Hall–Kier alpha value is -4.19. The van der Waals surface area contributed by atoms with Gasteiger partial charge in [-0.15, -0.1) is 0 Å². The minimum Gasteiger partial charge on any atom is -0.490 e. The Kier molecular flexibility index (Phi) is 7.11. The Labute approximate surface area is 203 Å². The Bertz CT molecular complexity index is 1400. The van der Waals surface area contributed by atoms with Crippen molar-refractivity contribution in [3.05, 3.63) is 47.7 Å². The minimum absolute atomic E-state index is 0.0391. The molecule has 0 aliphatic rings. The molecule has 0 bridgehead atoms. The van der Waals surface area contributed by atoms with Crippen molar-refractivity contribution in [2.75, 3.05) is 6.61 Å². The summed E-state index contributed by atoms with van der Waals surface area (Å²) in [6.07, 6.45) is 2.76. The number of esters is 1. The Balaban J connectivity index is 1.56. The quantitative estimate of drug-likeness (QED) is 0.310. The highest BCUT2D eigenvalue weighted by Gasteiger charge is 2.17. The van der Waals surface area contributed by atoms with Gasteiger partial charge in [0.2, 0.25) is 5.82 Å². The second-order valence-corrected chi connectivity index (χ2v) is 8.41. The van der Waals surface area contributed by atoms with Crippen LogP contribution < -0.4 is 4.74 Å². The number of ether oxygens (including phenoxy) is 2. The Morgan fingerprint density at radius 3 is 2.83 bits per heavy atom. The van der Waals surface area contributed by atoms with Crippen molar-refractivity contribution in [1.82, 2.24) is 19.9 Å². The van der Waals surface area contributed by atoms with Crippen LogP contribution in [0.5, 0.6) is 5.75 Å². The fourth-order valence-corrected chi connectivity index (χ4v) is 3.81. The smallest absolute Gasteiger partial charge is 0.305 e. The van der Waals surface area contributed by atoms with Crippen molar-refractivity contribution in [2.45, 2.75) is 53.2 Å². The molecule has 0 saturated heterocycles. The number of aryl methyl sites for hydroxylation is 2. The van der Waals surface area contributed by atoms with Crippen molar-refractivity contribution in [2.24, 2.45) is 0 Å². The highest BCUT2D eigenvalue weighted by molar-refractivity contribution is 5.85. The third kappa shape index (κ3) is 5.32. The molecule has 0 unspecified atom stereocenters. The minimum atomic E-state index is -0.195. The molecule has 0 fully saturated rings. The van der Waals surface area contributed by atoms with Gasteiger partial charge in [0.1, 0.15) is 11.8 Å². The molecule has 0 radical (unpaired) electrons. The summed E-state index contributed by atoms with van der Waals surface area (Å²) in [6, 6.07) is 11.4. The maximum atomic E-state index is 11.6. The predicted octanol–water partition coefficient (Wildman–Crippen LogP) is 5.06. The number of nitriles is 1. The van der Waals surface area contributed by atoms with Crippen LogP contribution in [0.15, 0.2) is 41.1 Å². The molecule has 0 aliphatic heterocycles. The highest BCUT2D eigenvalue weighted by Crippen LogP contribution is 2.30. The first-order valence-electron chi connectivity index (χ1n) is 11.6. The van der Waals surface area contributed by atoms with Crippen LogP contribution in [0.3, 0.4) is 0 Å². The van der Waals surface area contributed by atoms with E-state index in [1.807, 2.05) is 37.6 Å². The van der Waals surface area contributed by atoms with Crippen molar-refractivity contribution in [1.29, 1.82) is 5.26 Å². The number of hydrogen-bond donors (Lipinski definition) is 0. The molecule has 2 aromatic carbocycles. The van der Waals surface area contributed by atoms with E-state index in [9.17, 15) is 10.1 Å². The lowest BCUT2D eigenvalue weighted by Crippen LogP contribution is -2.07. The summed E-state index contributed by atoms with van der Waals surface area (Å²) in [5.74, 6) is 1.10. The number of rotatable bonds is 9.